The lowest BCUT2D eigenvalue weighted by Crippen LogP contribution is -2.48. The maximum atomic E-state index is 12.0. The molecule has 3 unspecified atom stereocenters. The molecular formula is C13H24N2O. The zero-order valence-corrected chi connectivity index (χ0v) is 10.5. The van der Waals surface area contributed by atoms with Crippen LogP contribution in [0.5, 0.6) is 0 Å². The van der Waals surface area contributed by atoms with Crippen LogP contribution in [0.4, 0.5) is 0 Å². The molecule has 16 heavy (non-hydrogen) atoms. The second-order valence-electron chi connectivity index (χ2n) is 5.13. The first-order valence-electron chi connectivity index (χ1n) is 6.82. The van der Waals surface area contributed by atoms with E-state index in [9.17, 15) is 4.79 Å². The van der Waals surface area contributed by atoms with Gasteiger partial charge in [-0.05, 0) is 25.2 Å². The number of amides is 1. The number of nitrogens with zero attached hydrogens (tertiary/aromatic N) is 1. The number of carbonyl (C=O) groups is 1. The van der Waals surface area contributed by atoms with Crippen molar-refractivity contribution in [2.75, 3.05) is 6.54 Å². The molecule has 1 N–H and O–H groups in total. The van der Waals surface area contributed by atoms with E-state index in [-0.39, 0.29) is 0 Å². The zero-order chi connectivity index (χ0) is 11.5. The van der Waals surface area contributed by atoms with Crippen LogP contribution in [0.15, 0.2) is 0 Å². The Morgan fingerprint density at radius 3 is 2.69 bits per heavy atom. The molecule has 1 aliphatic heterocycles. The molecule has 0 radical (unpaired) electrons. The lowest BCUT2D eigenvalue weighted by atomic mass is 9.81. The van der Waals surface area contributed by atoms with Crippen molar-refractivity contribution >= 4 is 5.91 Å². The van der Waals surface area contributed by atoms with E-state index in [1.54, 1.807) is 0 Å². The first-order valence-corrected chi connectivity index (χ1v) is 6.82. The molecule has 1 saturated heterocycles. The average Bonchev–Trinajstić information content (AvgIpc) is 2.70. The molecule has 0 spiro atoms. The summed E-state index contributed by atoms with van der Waals surface area (Å²) in [5, 5.41) is 3.32. The van der Waals surface area contributed by atoms with E-state index < -0.39 is 0 Å². The first kappa shape index (κ1) is 11.9. The molecule has 0 bridgehead atoms. The Balaban J connectivity index is 2.10. The summed E-state index contributed by atoms with van der Waals surface area (Å²) < 4.78 is 0. The van der Waals surface area contributed by atoms with Crippen LogP contribution in [0.25, 0.3) is 0 Å². The molecule has 1 aliphatic carbocycles. The van der Waals surface area contributed by atoms with E-state index in [1.807, 2.05) is 0 Å². The Morgan fingerprint density at radius 1 is 1.25 bits per heavy atom. The first-order chi connectivity index (χ1) is 7.77. The fourth-order valence-corrected chi connectivity index (χ4v) is 3.36. The normalized spacial score (nSPS) is 35.8. The second-order valence-corrected chi connectivity index (χ2v) is 5.13. The third-order valence-electron chi connectivity index (χ3n) is 4.25. The van der Waals surface area contributed by atoms with E-state index >= 15 is 0 Å². The number of hydrogen-bond acceptors (Lipinski definition) is 2. The summed E-state index contributed by atoms with van der Waals surface area (Å²) in [5.74, 6) is 1.05. The van der Waals surface area contributed by atoms with Gasteiger partial charge in [-0.3, -0.25) is 10.1 Å². The van der Waals surface area contributed by atoms with E-state index in [0.29, 0.717) is 24.7 Å². The summed E-state index contributed by atoms with van der Waals surface area (Å²) >= 11 is 0. The number of carbonyl (C=O) groups excluding carboxylic acids is 1. The highest BCUT2D eigenvalue weighted by Gasteiger charge is 2.38. The molecule has 3 nitrogen and oxygen atoms in total. The highest BCUT2D eigenvalue weighted by atomic mass is 16.2. The van der Waals surface area contributed by atoms with Crippen molar-refractivity contribution in [1.29, 1.82) is 0 Å². The van der Waals surface area contributed by atoms with Gasteiger partial charge in [0.15, 0.2) is 0 Å². The predicted molar refractivity (Wildman–Crippen MR) is 65.0 cm³/mol. The van der Waals surface area contributed by atoms with Crippen LogP contribution in [0.3, 0.4) is 0 Å². The number of hydrogen-bond donors (Lipinski definition) is 1. The molecule has 0 aromatic carbocycles. The van der Waals surface area contributed by atoms with Gasteiger partial charge in [0.05, 0.1) is 12.7 Å². The summed E-state index contributed by atoms with van der Waals surface area (Å²) in [4.78, 5) is 14.1. The minimum atomic E-state index is 0.296. The van der Waals surface area contributed by atoms with Gasteiger partial charge in [0.25, 0.3) is 0 Å². The minimum absolute atomic E-state index is 0.296. The van der Waals surface area contributed by atoms with Crippen LogP contribution in [-0.4, -0.2) is 29.6 Å². The lowest BCUT2D eigenvalue weighted by molar-refractivity contribution is -0.132. The Labute approximate surface area is 98.6 Å². The summed E-state index contributed by atoms with van der Waals surface area (Å²) in [7, 11) is 0. The fourth-order valence-electron chi connectivity index (χ4n) is 3.36. The van der Waals surface area contributed by atoms with Crippen LogP contribution in [-0.2, 0) is 4.79 Å². The molecule has 1 amide bonds. The largest absolute Gasteiger partial charge is 0.323 e. The van der Waals surface area contributed by atoms with Crippen molar-refractivity contribution in [3.05, 3.63) is 0 Å². The SMILES string of the molecule is CCC1CCCCC1N1C(=O)CNC1CC. The third-order valence-corrected chi connectivity index (χ3v) is 4.25. The Hall–Kier alpha value is -0.570. The average molecular weight is 224 g/mol. The number of rotatable bonds is 3. The highest BCUT2D eigenvalue weighted by Crippen LogP contribution is 2.32. The smallest absolute Gasteiger partial charge is 0.238 e. The Kier molecular flexibility index (Phi) is 3.85. The van der Waals surface area contributed by atoms with Crippen LogP contribution in [0.1, 0.15) is 52.4 Å². The van der Waals surface area contributed by atoms with Crippen LogP contribution in [0, 0.1) is 5.92 Å². The maximum Gasteiger partial charge on any atom is 0.238 e. The second kappa shape index (κ2) is 5.17. The van der Waals surface area contributed by atoms with Crippen LogP contribution < -0.4 is 5.32 Å². The zero-order valence-electron chi connectivity index (χ0n) is 10.5. The van der Waals surface area contributed by atoms with Crippen molar-refractivity contribution in [2.45, 2.75) is 64.6 Å². The molecule has 1 saturated carbocycles. The minimum Gasteiger partial charge on any atom is -0.323 e. The van der Waals surface area contributed by atoms with Crippen molar-refractivity contribution in [2.24, 2.45) is 5.92 Å². The molecule has 1 heterocycles. The molecule has 3 heteroatoms. The Morgan fingerprint density at radius 2 is 2.00 bits per heavy atom. The number of nitrogens with one attached hydrogen (secondary N) is 1. The summed E-state index contributed by atoms with van der Waals surface area (Å²) in [6, 6.07) is 0.506. The molecule has 2 rings (SSSR count). The van der Waals surface area contributed by atoms with Crippen molar-refractivity contribution < 1.29 is 4.79 Å². The van der Waals surface area contributed by atoms with Crippen molar-refractivity contribution in [3.8, 4) is 0 Å². The van der Waals surface area contributed by atoms with Crippen LogP contribution in [0.2, 0.25) is 0 Å². The van der Waals surface area contributed by atoms with E-state index in [4.69, 9.17) is 0 Å². The molecule has 2 fully saturated rings. The summed E-state index contributed by atoms with van der Waals surface area (Å²) in [6.45, 7) is 4.97. The highest BCUT2D eigenvalue weighted by molar-refractivity contribution is 5.81. The predicted octanol–water partition coefficient (Wildman–Crippen LogP) is 2.12. The van der Waals surface area contributed by atoms with Gasteiger partial charge in [0, 0.05) is 6.04 Å². The Bertz CT molecular complexity index is 254. The van der Waals surface area contributed by atoms with Gasteiger partial charge in [-0.25, -0.2) is 0 Å². The van der Waals surface area contributed by atoms with Gasteiger partial charge in [0.1, 0.15) is 0 Å². The third kappa shape index (κ3) is 2.10. The van der Waals surface area contributed by atoms with Crippen LogP contribution >= 0.6 is 0 Å². The quantitative estimate of drug-likeness (QED) is 0.796. The van der Waals surface area contributed by atoms with E-state index in [0.717, 1.165) is 12.3 Å². The monoisotopic (exact) mass is 224 g/mol. The van der Waals surface area contributed by atoms with Crippen molar-refractivity contribution in [3.63, 3.8) is 0 Å². The van der Waals surface area contributed by atoms with Gasteiger partial charge < -0.3 is 4.90 Å². The summed E-state index contributed by atoms with van der Waals surface area (Å²) in [5.41, 5.74) is 0. The lowest BCUT2D eigenvalue weighted by Gasteiger charge is -2.40. The van der Waals surface area contributed by atoms with Gasteiger partial charge in [-0.15, -0.1) is 0 Å². The topological polar surface area (TPSA) is 32.3 Å². The fraction of sp³-hybridized carbons (Fsp3) is 0.923. The van der Waals surface area contributed by atoms with E-state index in [2.05, 4.69) is 24.1 Å². The molecular weight excluding hydrogens is 200 g/mol. The molecule has 3 atom stereocenters. The van der Waals surface area contributed by atoms with Gasteiger partial charge in [-0.1, -0.05) is 33.1 Å². The standard InChI is InChI=1S/C13H24N2O/c1-3-10-7-5-6-8-11(10)15-12(4-2)14-9-13(15)16/h10-12,14H,3-9H2,1-2H3. The maximum absolute atomic E-state index is 12.0. The van der Waals surface area contributed by atoms with Crippen molar-refractivity contribution in [1.82, 2.24) is 10.2 Å². The van der Waals surface area contributed by atoms with Gasteiger partial charge in [0.2, 0.25) is 5.91 Å². The van der Waals surface area contributed by atoms with Gasteiger partial charge in [-0.2, -0.15) is 0 Å². The molecule has 0 aromatic rings. The molecule has 92 valence electrons. The van der Waals surface area contributed by atoms with E-state index in [1.165, 1.54) is 32.1 Å². The molecule has 2 aliphatic rings. The summed E-state index contributed by atoms with van der Waals surface area (Å²) in [6.07, 6.45) is 7.69. The molecule has 0 aromatic heterocycles. The van der Waals surface area contributed by atoms with Gasteiger partial charge >= 0.3 is 0 Å².